The fourth-order valence-corrected chi connectivity index (χ4v) is 2.61. The lowest BCUT2D eigenvalue weighted by Gasteiger charge is -2.32. The number of fused-ring (bicyclic) bond motifs is 1. The van der Waals surface area contributed by atoms with Crippen LogP contribution in [0.3, 0.4) is 0 Å². The van der Waals surface area contributed by atoms with Crippen molar-refractivity contribution in [1.82, 2.24) is 0 Å². The van der Waals surface area contributed by atoms with Crippen molar-refractivity contribution in [3.8, 4) is 0 Å². The fourth-order valence-electron chi connectivity index (χ4n) is 2.61. The van der Waals surface area contributed by atoms with Crippen molar-refractivity contribution in [2.75, 3.05) is 17.3 Å². The smallest absolute Gasteiger partial charge is 0.229 e. The molecule has 5 heteroatoms. The zero-order valence-electron chi connectivity index (χ0n) is 11.4. The molecule has 2 aromatic rings. The van der Waals surface area contributed by atoms with Gasteiger partial charge in [-0.15, -0.1) is 0 Å². The van der Waals surface area contributed by atoms with Crippen molar-refractivity contribution < 1.29 is 13.6 Å². The third kappa shape index (κ3) is 2.59. The third-order valence-electron chi connectivity index (χ3n) is 3.63. The first-order valence-corrected chi connectivity index (χ1v) is 6.63. The van der Waals surface area contributed by atoms with Gasteiger partial charge in [0.25, 0.3) is 0 Å². The molecule has 2 aromatic carbocycles. The summed E-state index contributed by atoms with van der Waals surface area (Å²) in [6.45, 7) is 0. The number of nitrogens with one attached hydrogen (secondary N) is 1. The molecule has 0 bridgehead atoms. The van der Waals surface area contributed by atoms with Crippen molar-refractivity contribution >= 4 is 17.3 Å². The maximum absolute atomic E-state index is 13.3. The minimum absolute atomic E-state index is 0.0388. The molecular weight excluding hydrogens is 274 g/mol. The van der Waals surface area contributed by atoms with Crippen LogP contribution in [0.15, 0.2) is 42.5 Å². The van der Waals surface area contributed by atoms with E-state index in [4.69, 9.17) is 0 Å². The highest BCUT2D eigenvalue weighted by Crippen LogP contribution is 2.35. The average molecular weight is 288 g/mol. The first-order valence-electron chi connectivity index (χ1n) is 6.63. The second-order valence-corrected chi connectivity index (χ2v) is 5.07. The minimum atomic E-state index is -0.648. The second kappa shape index (κ2) is 5.16. The Morgan fingerprint density at radius 2 is 1.81 bits per heavy atom. The van der Waals surface area contributed by atoms with E-state index in [0.717, 1.165) is 17.3 Å². The van der Waals surface area contributed by atoms with E-state index in [0.29, 0.717) is 5.69 Å². The van der Waals surface area contributed by atoms with Crippen molar-refractivity contribution in [3.63, 3.8) is 0 Å². The molecule has 0 radical (unpaired) electrons. The van der Waals surface area contributed by atoms with Gasteiger partial charge in [0.05, 0.1) is 12.5 Å². The molecule has 0 saturated carbocycles. The summed E-state index contributed by atoms with van der Waals surface area (Å²) >= 11 is 0. The second-order valence-electron chi connectivity index (χ2n) is 5.07. The van der Waals surface area contributed by atoms with Crippen LogP contribution >= 0.6 is 0 Å². The van der Waals surface area contributed by atoms with Crippen molar-refractivity contribution in [2.24, 2.45) is 0 Å². The predicted octanol–water partition coefficient (Wildman–Crippen LogP) is 3.48. The first-order chi connectivity index (χ1) is 10.0. The number of hydrogen-bond acceptors (Lipinski definition) is 2. The van der Waals surface area contributed by atoms with E-state index in [-0.39, 0.29) is 18.4 Å². The van der Waals surface area contributed by atoms with Gasteiger partial charge in [-0.2, -0.15) is 0 Å². The molecule has 1 unspecified atom stereocenters. The Labute approximate surface area is 121 Å². The molecule has 3 nitrogen and oxygen atoms in total. The van der Waals surface area contributed by atoms with Crippen LogP contribution in [0.1, 0.15) is 18.0 Å². The Balaban J connectivity index is 1.95. The standard InChI is InChI=1S/C16H14F2N2O/c1-20-15-5-3-2-4-13(15)14(9-16(20)21)19-12-7-10(17)6-11(18)8-12/h2-8,14,19H,9H2,1H3. The molecule has 0 saturated heterocycles. The number of halogens is 2. The van der Waals surface area contributed by atoms with Crippen LogP contribution in [0.5, 0.6) is 0 Å². The van der Waals surface area contributed by atoms with Crippen LogP contribution in [0.2, 0.25) is 0 Å². The topological polar surface area (TPSA) is 32.3 Å². The van der Waals surface area contributed by atoms with Gasteiger partial charge in [0.2, 0.25) is 5.91 Å². The Kier molecular flexibility index (Phi) is 3.33. The Morgan fingerprint density at radius 3 is 2.52 bits per heavy atom. The normalized spacial score (nSPS) is 17.6. The van der Waals surface area contributed by atoms with E-state index in [1.165, 1.54) is 12.1 Å². The summed E-state index contributed by atoms with van der Waals surface area (Å²) in [6, 6.07) is 10.4. The van der Waals surface area contributed by atoms with Crippen LogP contribution in [0.4, 0.5) is 20.2 Å². The maximum atomic E-state index is 13.3. The number of amides is 1. The predicted molar refractivity (Wildman–Crippen MR) is 77.2 cm³/mol. The molecule has 1 heterocycles. The van der Waals surface area contributed by atoms with Crippen LogP contribution < -0.4 is 10.2 Å². The van der Waals surface area contributed by atoms with Crippen molar-refractivity contribution in [3.05, 3.63) is 59.7 Å². The maximum Gasteiger partial charge on any atom is 0.229 e. The molecule has 3 rings (SSSR count). The van der Waals surface area contributed by atoms with Crippen LogP contribution in [0.25, 0.3) is 0 Å². The highest BCUT2D eigenvalue weighted by Gasteiger charge is 2.28. The van der Waals surface area contributed by atoms with Gasteiger partial charge >= 0.3 is 0 Å². The lowest BCUT2D eigenvalue weighted by molar-refractivity contribution is -0.118. The van der Waals surface area contributed by atoms with Gasteiger partial charge in [-0.05, 0) is 23.8 Å². The number of carbonyl (C=O) groups is 1. The van der Waals surface area contributed by atoms with Gasteiger partial charge < -0.3 is 10.2 Å². The first kappa shape index (κ1) is 13.5. The van der Waals surface area contributed by atoms with E-state index in [2.05, 4.69) is 5.32 Å². The monoisotopic (exact) mass is 288 g/mol. The largest absolute Gasteiger partial charge is 0.377 e. The van der Waals surface area contributed by atoms with Gasteiger partial charge in [0, 0.05) is 24.5 Å². The molecule has 0 fully saturated rings. The zero-order chi connectivity index (χ0) is 15.0. The van der Waals surface area contributed by atoms with Gasteiger partial charge in [0.1, 0.15) is 11.6 Å². The average Bonchev–Trinajstić information content (AvgIpc) is 2.43. The van der Waals surface area contributed by atoms with Gasteiger partial charge in [-0.3, -0.25) is 4.79 Å². The molecule has 1 aliphatic rings. The van der Waals surface area contributed by atoms with E-state index in [9.17, 15) is 13.6 Å². The highest BCUT2D eigenvalue weighted by atomic mass is 19.1. The summed E-state index contributed by atoms with van der Waals surface area (Å²) < 4.78 is 26.5. The molecular formula is C16H14F2N2O. The highest BCUT2D eigenvalue weighted by molar-refractivity contribution is 5.97. The summed E-state index contributed by atoms with van der Waals surface area (Å²) in [5, 5.41) is 3.04. The Morgan fingerprint density at radius 1 is 1.14 bits per heavy atom. The minimum Gasteiger partial charge on any atom is -0.377 e. The lowest BCUT2D eigenvalue weighted by Crippen LogP contribution is -2.35. The molecule has 0 aliphatic carbocycles. The molecule has 108 valence electrons. The Bertz CT molecular complexity index is 682. The summed E-state index contributed by atoms with van der Waals surface area (Å²) in [6.07, 6.45) is 0.242. The number of para-hydroxylation sites is 1. The molecule has 0 aromatic heterocycles. The fraction of sp³-hybridized carbons (Fsp3) is 0.188. The number of carbonyl (C=O) groups excluding carboxylic acids is 1. The number of hydrogen-bond donors (Lipinski definition) is 1. The molecule has 1 atom stereocenters. The molecule has 1 aliphatic heterocycles. The molecule has 1 N–H and O–H groups in total. The third-order valence-corrected chi connectivity index (χ3v) is 3.63. The molecule has 21 heavy (non-hydrogen) atoms. The van der Waals surface area contributed by atoms with Crippen molar-refractivity contribution in [1.29, 1.82) is 0 Å². The summed E-state index contributed by atoms with van der Waals surface area (Å²) in [5.41, 5.74) is 2.07. The molecule has 1 amide bonds. The lowest BCUT2D eigenvalue weighted by atomic mass is 9.96. The van der Waals surface area contributed by atoms with E-state index in [1.807, 2.05) is 24.3 Å². The number of anilines is 2. The summed E-state index contributed by atoms with van der Waals surface area (Å²) in [4.78, 5) is 13.6. The summed E-state index contributed by atoms with van der Waals surface area (Å²) in [5.74, 6) is -1.34. The SMILES string of the molecule is CN1C(=O)CC(Nc2cc(F)cc(F)c2)c2ccccc21. The molecule has 0 spiro atoms. The van der Waals surface area contributed by atoms with Crippen LogP contribution in [0, 0.1) is 11.6 Å². The van der Waals surface area contributed by atoms with Gasteiger partial charge in [0.15, 0.2) is 0 Å². The zero-order valence-corrected chi connectivity index (χ0v) is 11.4. The number of nitrogens with zero attached hydrogens (tertiary/aromatic N) is 1. The van der Waals surface area contributed by atoms with Gasteiger partial charge in [-0.25, -0.2) is 8.78 Å². The van der Waals surface area contributed by atoms with E-state index in [1.54, 1.807) is 11.9 Å². The van der Waals surface area contributed by atoms with Crippen LogP contribution in [-0.4, -0.2) is 13.0 Å². The van der Waals surface area contributed by atoms with E-state index < -0.39 is 11.6 Å². The quantitative estimate of drug-likeness (QED) is 0.917. The van der Waals surface area contributed by atoms with Crippen LogP contribution in [-0.2, 0) is 4.79 Å². The Hall–Kier alpha value is -2.43. The van der Waals surface area contributed by atoms with Crippen molar-refractivity contribution in [2.45, 2.75) is 12.5 Å². The number of rotatable bonds is 2. The number of benzene rings is 2. The van der Waals surface area contributed by atoms with E-state index >= 15 is 0 Å². The van der Waals surface area contributed by atoms with Gasteiger partial charge in [-0.1, -0.05) is 18.2 Å². The summed E-state index contributed by atoms with van der Waals surface area (Å²) in [7, 11) is 1.72.